The van der Waals surface area contributed by atoms with Gasteiger partial charge in [0, 0.05) is 23.8 Å². The SMILES string of the molecule is N[C@H]1CCCC[C@@H]1Nc1cc(F)cc(F)c1. The van der Waals surface area contributed by atoms with Crippen LogP contribution in [0, 0.1) is 11.6 Å². The maximum atomic E-state index is 13.0. The molecule has 1 saturated carbocycles. The van der Waals surface area contributed by atoms with E-state index in [2.05, 4.69) is 5.32 Å². The lowest BCUT2D eigenvalue weighted by Crippen LogP contribution is -2.42. The molecule has 3 N–H and O–H groups in total. The monoisotopic (exact) mass is 226 g/mol. The van der Waals surface area contributed by atoms with Gasteiger partial charge >= 0.3 is 0 Å². The van der Waals surface area contributed by atoms with E-state index in [9.17, 15) is 8.78 Å². The molecule has 0 radical (unpaired) electrons. The van der Waals surface area contributed by atoms with Gasteiger partial charge in [-0.2, -0.15) is 0 Å². The van der Waals surface area contributed by atoms with Crippen molar-refractivity contribution >= 4 is 5.69 Å². The summed E-state index contributed by atoms with van der Waals surface area (Å²) >= 11 is 0. The third kappa shape index (κ3) is 2.70. The lowest BCUT2D eigenvalue weighted by atomic mass is 9.91. The van der Waals surface area contributed by atoms with Crippen molar-refractivity contribution in [3.8, 4) is 0 Å². The highest BCUT2D eigenvalue weighted by Gasteiger charge is 2.21. The maximum absolute atomic E-state index is 13.0. The quantitative estimate of drug-likeness (QED) is 0.813. The normalized spacial score (nSPS) is 25.4. The second-order valence-corrected chi connectivity index (χ2v) is 4.36. The number of nitrogens with two attached hydrogens (primary N) is 1. The summed E-state index contributed by atoms with van der Waals surface area (Å²) in [4.78, 5) is 0. The fraction of sp³-hybridized carbons (Fsp3) is 0.500. The van der Waals surface area contributed by atoms with E-state index >= 15 is 0 Å². The first-order valence-corrected chi connectivity index (χ1v) is 5.63. The van der Waals surface area contributed by atoms with Gasteiger partial charge in [0.15, 0.2) is 0 Å². The van der Waals surface area contributed by atoms with E-state index in [0.717, 1.165) is 31.7 Å². The van der Waals surface area contributed by atoms with Crippen LogP contribution in [0.5, 0.6) is 0 Å². The molecule has 88 valence electrons. The third-order valence-electron chi connectivity index (χ3n) is 3.03. The van der Waals surface area contributed by atoms with E-state index < -0.39 is 11.6 Å². The van der Waals surface area contributed by atoms with Gasteiger partial charge in [0.25, 0.3) is 0 Å². The molecule has 1 aromatic carbocycles. The molecule has 1 fully saturated rings. The highest BCUT2D eigenvalue weighted by molar-refractivity contribution is 5.45. The van der Waals surface area contributed by atoms with E-state index in [1.807, 2.05) is 0 Å². The Balaban J connectivity index is 2.07. The van der Waals surface area contributed by atoms with E-state index in [0.29, 0.717) is 5.69 Å². The number of halogens is 2. The number of anilines is 1. The highest BCUT2D eigenvalue weighted by atomic mass is 19.1. The average molecular weight is 226 g/mol. The molecule has 0 heterocycles. The molecule has 2 nitrogen and oxygen atoms in total. The molecule has 2 rings (SSSR count). The molecule has 0 spiro atoms. The summed E-state index contributed by atoms with van der Waals surface area (Å²) < 4.78 is 25.9. The molecule has 0 aromatic heterocycles. The van der Waals surface area contributed by atoms with Crippen LogP contribution < -0.4 is 11.1 Å². The zero-order valence-corrected chi connectivity index (χ0v) is 9.05. The molecule has 0 saturated heterocycles. The first-order chi connectivity index (χ1) is 7.65. The van der Waals surface area contributed by atoms with E-state index in [1.54, 1.807) is 0 Å². The Hall–Kier alpha value is -1.16. The van der Waals surface area contributed by atoms with Crippen LogP contribution in [0.25, 0.3) is 0 Å². The van der Waals surface area contributed by atoms with Crippen LogP contribution in [0.15, 0.2) is 18.2 Å². The lowest BCUT2D eigenvalue weighted by Gasteiger charge is -2.30. The predicted molar refractivity (Wildman–Crippen MR) is 60.2 cm³/mol. The smallest absolute Gasteiger partial charge is 0.128 e. The minimum absolute atomic E-state index is 0.0695. The molecule has 2 atom stereocenters. The summed E-state index contributed by atoms with van der Waals surface area (Å²) in [5.41, 5.74) is 6.43. The van der Waals surface area contributed by atoms with Crippen molar-refractivity contribution in [2.75, 3.05) is 5.32 Å². The first kappa shape index (κ1) is 11.3. The zero-order chi connectivity index (χ0) is 11.5. The number of hydrogen-bond donors (Lipinski definition) is 2. The van der Waals surface area contributed by atoms with Crippen LogP contribution in [0.3, 0.4) is 0 Å². The van der Waals surface area contributed by atoms with Crippen LogP contribution in [-0.4, -0.2) is 12.1 Å². The van der Waals surface area contributed by atoms with Crippen molar-refractivity contribution in [2.45, 2.75) is 37.8 Å². The summed E-state index contributed by atoms with van der Waals surface area (Å²) in [5, 5.41) is 3.11. The molecular weight excluding hydrogens is 210 g/mol. The Morgan fingerprint density at radius 1 is 1.06 bits per heavy atom. The van der Waals surface area contributed by atoms with Gasteiger partial charge in [-0.1, -0.05) is 12.8 Å². The topological polar surface area (TPSA) is 38.0 Å². The van der Waals surface area contributed by atoms with Crippen molar-refractivity contribution in [1.29, 1.82) is 0 Å². The fourth-order valence-corrected chi connectivity index (χ4v) is 2.19. The van der Waals surface area contributed by atoms with Crippen molar-refractivity contribution in [2.24, 2.45) is 5.73 Å². The Labute approximate surface area is 93.8 Å². The molecule has 1 aromatic rings. The Bertz CT molecular complexity index is 348. The van der Waals surface area contributed by atoms with Gasteiger partial charge in [-0.15, -0.1) is 0 Å². The zero-order valence-electron chi connectivity index (χ0n) is 9.05. The van der Waals surface area contributed by atoms with Crippen LogP contribution in [0.4, 0.5) is 14.5 Å². The first-order valence-electron chi connectivity index (χ1n) is 5.63. The minimum Gasteiger partial charge on any atom is -0.381 e. The molecule has 1 aliphatic carbocycles. The van der Waals surface area contributed by atoms with Gasteiger partial charge in [-0.05, 0) is 25.0 Å². The van der Waals surface area contributed by atoms with Gasteiger partial charge in [0.1, 0.15) is 11.6 Å². The number of hydrogen-bond acceptors (Lipinski definition) is 2. The number of nitrogens with one attached hydrogen (secondary N) is 1. The summed E-state index contributed by atoms with van der Waals surface area (Å²) in [6, 6.07) is 3.65. The molecular formula is C12H16F2N2. The summed E-state index contributed by atoms with van der Waals surface area (Å²) in [6.45, 7) is 0. The van der Waals surface area contributed by atoms with Crippen molar-refractivity contribution in [3.05, 3.63) is 29.8 Å². The third-order valence-corrected chi connectivity index (χ3v) is 3.03. The molecule has 16 heavy (non-hydrogen) atoms. The second kappa shape index (κ2) is 4.78. The Kier molecular flexibility index (Phi) is 3.39. The highest BCUT2D eigenvalue weighted by Crippen LogP contribution is 2.22. The van der Waals surface area contributed by atoms with Crippen molar-refractivity contribution in [3.63, 3.8) is 0 Å². The Morgan fingerprint density at radius 2 is 1.69 bits per heavy atom. The molecule has 0 unspecified atom stereocenters. The molecule has 0 aliphatic heterocycles. The maximum Gasteiger partial charge on any atom is 0.128 e. The van der Waals surface area contributed by atoms with Gasteiger partial charge in [0.05, 0.1) is 0 Å². The average Bonchev–Trinajstić information content (AvgIpc) is 2.20. The molecule has 0 amide bonds. The predicted octanol–water partition coefficient (Wildman–Crippen LogP) is 2.65. The van der Waals surface area contributed by atoms with Crippen LogP contribution in [-0.2, 0) is 0 Å². The van der Waals surface area contributed by atoms with Crippen molar-refractivity contribution in [1.82, 2.24) is 0 Å². The van der Waals surface area contributed by atoms with E-state index in [4.69, 9.17) is 5.73 Å². The van der Waals surface area contributed by atoms with Crippen LogP contribution >= 0.6 is 0 Å². The second-order valence-electron chi connectivity index (χ2n) is 4.36. The lowest BCUT2D eigenvalue weighted by molar-refractivity contribution is 0.404. The van der Waals surface area contributed by atoms with Gasteiger partial charge < -0.3 is 11.1 Å². The van der Waals surface area contributed by atoms with Crippen LogP contribution in [0.1, 0.15) is 25.7 Å². The number of benzene rings is 1. The van der Waals surface area contributed by atoms with Gasteiger partial charge in [-0.3, -0.25) is 0 Å². The summed E-state index contributed by atoms with van der Waals surface area (Å²) in [7, 11) is 0. The number of rotatable bonds is 2. The Morgan fingerprint density at radius 3 is 2.31 bits per heavy atom. The molecule has 1 aliphatic rings. The van der Waals surface area contributed by atoms with Gasteiger partial charge in [0.2, 0.25) is 0 Å². The molecule has 0 bridgehead atoms. The van der Waals surface area contributed by atoms with E-state index in [1.165, 1.54) is 12.1 Å². The minimum atomic E-state index is -0.563. The molecule has 4 heteroatoms. The standard InChI is InChI=1S/C12H16F2N2/c13-8-5-9(14)7-10(6-8)16-12-4-2-1-3-11(12)15/h5-7,11-12,16H,1-4,15H2/t11-,12-/m0/s1. The summed E-state index contributed by atoms with van der Waals surface area (Å²) in [5.74, 6) is -1.13. The fourth-order valence-electron chi connectivity index (χ4n) is 2.19. The van der Waals surface area contributed by atoms with Crippen molar-refractivity contribution < 1.29 is 8.78 Å². The summed E-state index contributed by atoms with van der Waals surface area (Å²) in [6.07, 6.45) is 4.18. The van der Waals surface area contributed by atoms with Gasteiger partial charge in [-0.25, -0.2) is 8.78 Å². The largest absolute Gasteiger partial charge is 0.381 e. The van der Waals surface area contributed by atoms with E-state index in [-0.39, 0.29) is 12.1 Å². The van der Waals surface area contributed by atoms with Crippen LogP contribution in [0.2, 0.25) is 0 Å².